The van der Waals surface area contributed by atoms with E-state index in [1.165, 1.54) is 12.8 Å². The van der Waals surface area contributed by atoms with Crippen molar-refractivity contribution in [2.24, 2.45) is 0 Å². The minimum absolute atomic E-state index is 0.00152. The number of benzene rings is 1. The van der Waals surface area contributed by atoms with E-state index in [1.807, 2.05) is 15.8 Å². The number of methoxy groups -OCH3 is 2. The molecule has 0 spiro atoms. The van der Waals surface area contributed by atoms with Crippen LogP contribution in [0.25, 0.3) is 0 Å². The molecule has 8 heteroatoms. The first-order chi connectivity index (χ1) is 15.9. The zero-order chi connectivity index (χ0) is 23.8. The summed E-state index contributed by atoms with van der Waals surface area (Å²) in [6, 6.07) is 6.65. The van der Waals surface area contributed by atoms with Crippen LogP contribution in [0.2, 0.25) is 0 Å². The van der Waals surface area contributed by atoms with Gasteiger partial charge in [-0.15, -0.1) is 0 Å². The molecule has 33 heavy (non-hydrogen) atoms. The van der Waals surface area contributed by atoms with Crippen LogP contribution in [-0.2, 0) is 4.74 Å². The lowest BCUT2D eigenvalue weighted by molar-refractivity contribution is 0.0474. The average Bonchev–Trinajstić information content (AvgIpc) is 3.62. The molecular weight excluding hydrogens is 417 g/mol. The molecule has 1 saturated heterocycles. The first kappa shape index (κ1) is 25.9. The highest BCUT2D eigenvalue weighted by atomic mass is 16.5. The third kappa shape index (κ3) is 7.36. The molecule has 182 valence electrons. The third-order valence-corrected chi connectivity index (χ3v) is 6.56. The van der Waals surface area contributed by atoms with Crippen molar-refractivity contribution in [2.45, 2.75) is 76.5 Å². The van der Waals surface area contributed by atoms with E-state index < -0.39 is 0 Å². The Morgan fingerprint density at radius 1 is 1.18 bits per heavy atom. The number of piperidine rings is 1. The Morgan fingerprint density at radius 3 is 2.61 bits per heavy atom. The van der Waals surface area contributed by atoms with Crippen LogP contribution >= 0.6 is 0 Å². The highest BCUT2D eigenvalue weighted by molar-refractivity contribution is 6.04. The maximum absolute atomic E-state index is 13.6. The van der Waals surface area contributed by atoms with Gasteiger partial charge in [-0.3, -0.25) is 4.79 Å². The highest BCUT2D eigenvalue weighted by Gasteiger charge is 2.33. The van der Waals surface area contributed by atoms with Crippen LogP contribution in [0.15, 0.2) is 18.2 Å². The molecule has 1 saturated carbocycles. The summed E-state index contributed by atoms with van der Waals surface area (Å²) in [7, 11) is 9.71. The van der Waals surface area contributed by atoms with Gasteiger partial charge >= 0.3 is 0 Å². The van der Waals surface area contributed by atoms with Crippen LogP contribution in [0.4, 0.5) is 0 Å². The largest absolute Gasteiger partial charge is 0.493 e. The predicted molar refractivity (Wildman–Crippen MR) is 131 cm³/mol. The molecule has 1 heterocycles. The Labute approximate surface area is 200 Å². The lowest BCUT2D eigenvalue weighted by Gasteiger charge is -2.44. The van der Waals surface area contributed by atoms with E-state index >= 15 is 0 Å². The number of hydrogen-bond acceptors (Lipinski definition) is 6. The maximum atomic E-state index is 13.6. The van der Waals surface area contributed by atoms with Gasteiger partial charge in [-0.05, 0) is 76.7 Å². The smallest absolute Gasteiger partial charge is 0.254 e. The van der Waals surface area contributed by atoms with Crippen molar-refractivity contribution < 1.29 is 19.0 Å². The topological polar surface area (TPSA) is 63.3 Å². The normalized spacial score (nSPS) is 21.2. The first-order valence-corrected chi connectivity index (χ1v) is 12.3. The molecule has 1 aliphatic carbocycles. The number of carbonyl (C=O) groups is 1. The number of hydrogen-bond donors (Lipinski definition) is 1. The summed E-state index contributed by atoms with van der Waals surface area (Å²) in [4.78, 5) is 17.5. The molecule has 2 radical (unpaired) electrons. The minimum atomic E-state index is 0.00152. The number of nitrogens with one attached hydrogen (secondary N) is 1. The van der Waals surface area contributed by atoms with Crippen molar-refractivity contribution in [3.05, 3.63) is 23.8 Å². The van der Waals surface area contributed by atoms with E-state index in [-0.39, 0.29) is 18.0 Å². The van der Waals surface area contributed by atoms with Gasteiger partial charge in [0.25, 0.3) is 5.91 Å². The minimum Gasteiger partial charge on any atom is -0.493 e. The van der Waals surface area contributed by atoms with E-state index in [2.05, 4.69) is 19.2 Å². The van der Waals surface area contributed by atoms with E-state index in [0.717, 1.165) is 38.3 Å². The zero-order valence-corrected chi connectivity index (χ0v) is 20.7. The summed E-state index contributed by atoms with van der Waals surface area (Å²) in [6.45, 7) is 6.95. The Hall–Kier alpha value is -1.77. The van der Waals surface area contributed by atoms with Gasteiger partial charge < -0.3 is 29.2 Å². The molecule has 1 N–H and O–H groups in total. The monoisotopic (exact) mass is 457 g/mol. The number of rotatable bonds is 13. The average molecular weight is 457 g/mol. The Balaban J connectivity index is 1.64. The molecule has 7 nitrogen and oxygen atoms in total. The van der Waals surface area contributed by atoms with Crippen molar-refractivity contribution in [3.8, 4) is 11.5 Å². The molecule has 1 aliphatic heterocycles. The second-order valence-corrected chi connectivity index (χ2v) is 9.47. The quantitative estimate of drug-likeness (QED) is 0.363. The van der Waals surface area contributed by atoms with Crippen LogP contribution < -0.4 is 14.8 Å². The molecule has 2 aliphatic rings. The standard InChI is InChI=1S/C25H40BN3O4/c1-18(2)29(22-10-9-21(28(26)17-22)12-13-27-20-7-8-20)25(30)19-6-11-23(32-4)24(16-19)33-15-5-14-31-3/h6,11,16,18,20-22,27H,5,7-10,12-15,17H2,1-4H3. The number of nitrogens with zero attached hydrogens (tertiary/aromatic N) is 2. The van der Waals surface area contributed by atoms with Gasteiger partial charge in [0.05, 0.1) is 13.7 Å². The van der Waals surface area contributed by atoms with Crippen LogP contribution in [0.1, 0.15) is 62.7 Å². The zero-order valence-electron chi connectivity index (χ0n) is 20.7. The van der Waals surface area contributed by atoms with Gasteiger partial charge in [-0.2, -0.15) is 0 Å². The van der Waals surface area contributed by atoms with Crippen molar-refractivity contribution in [3.63, 3.8) is 0 Å². The van der Waals surface area contributed by atoms with Crippen molar-refractivity contribution in [2.75, 3.05) is 40.5 Å². The summed E-state index contributed by atoms with van der Waals surface area (Å²) in [5.41, 5.74) is 0.602. The Bertz CT molecular complexity index is 759. The number of amides is 1. The van der Waals surface area contributed by atoms with Gasteiger partial charge in [0.1, 0.15) is 0 Å². The van der Waals surface area contributed by atoms with Crippen LogP contribution in [0, 0.1) is 0 Å². The second kappa shape index (κ2) is 12.6. The summed E-state index contributed by atoms with van der Waals surface area (Å²) < 4.78 is 16.4. The van der Waals surface area contributed by atoms with Crippen LogP contribution in [-0.4, -0.2) is 88.3 Å². The predicted octanol–water partition coefficient (Wildman–Crippen LogP) is 3.02. The summed E-state index contributed by atoms with van der Waals surface area (Å²) in [5.74, 6) is 1.20. The number of ether oxygens (including phenoxy) is 3. The fourth-order valence-electron chi connectivity index (χ4n) is 4.59. The fraction of sp³-hybridized carbons (Fsp3) is 0.720. The highest BCUT2D eigenvalue weighted by Crippen LogP contribution is 2.31. The Morgan fingerprint density at radius 2 is 1.97 bits per heavy atom. The lowest BCUT2D eigenvalue weighted by Crippen LogP contribution is -2.55. The van der Waals surface area contributed by atoms with E-state index in [9.17, 15) is 4.79 Å². The molecule has 0 bridgehead atoms. The van der Waals surface area contributed by atoms with Gasteiger partial charge in [0.15, 0.2) is 19.5 Å². The van der Waals surface area contributed by atoms with Gasteiger partial charge in [0, 0.05) is 50.4 Å². The van der Waals surface area contributed by atoms with Crippen molar-refractivity contribution in [1.29, 1.82) is 0 Å². The van der Waals surface area contributed by atoms with Crippen molar-refractivity contribution >= 4 is 13.9 Å². The summed E-state index contributed by atoms with van der Waals surface area (Å²) in [5, 5.41) is 3.58. The van der Waals surface area contributed by atoms with E-state index in [1.54, 1.807) is 26.4 Å². The number of carbonyl (C=O) groups excluding carboxylic acids is 1. The molecular formula is C25H40BN3O4. The van der Waals surface area contributed by atoms with E-state index in [0.29, 0.717) is 42.9 Å². The SMILES string of the molecule is [B]N1CC(N(C(=O)c2ccc(OC)c(OCCCOC)c2)C(C)C)CCC1CCNC1CC1. The van der Waals surface area contributed by atoms with Gasteiger partial charge in [-0.25, -0.2) is 0 Å². The van der Waals surface area contributed by atoms with Crippen LogP contribution in [0.3, 0.4) is 0 Å². The molecule has 2 fully saturated rings. The fourth-order valence-corrected chi connectivity index (χ4v) is 4.59. The summed E-state index contributed by atoms with van der Waals surface area (Å²) in [6.07, 6.45) is 6.38. The molecule has 1 aromatic carbocycles. The molecule has 3 rings (SSSR count). The van der Waals surface area contributed by atoms with Crippen LogP contribution in [0.5, 0.6) is 11.5 Å². The lowest BCUT2D eigenvalue weighted by atomic mass is 9.91. The molecule has 2 unspecified atom stereocenters. The van der Waals surface area contributed by atoms with Gasteiger partial charge in [0.2, 0.25) is 0 Å². The molecule has 1 aromatic rings. The molecule has 0 aromatic heterocycles. The summed E-state index contributed by atoms with van der Waals surface area (Å²) >= 11 is 0. The first-order valence-electron chi connectivity index (χ1n) is 12.3. The second-order valence-electron chi connectivity index (χ2n) is 9.47. The molecule has 2 atom stereocenters. The molecule has 1 amide bonds. The van der Waals surface area contributed by atoms with Gasteiger partial charge in [-0.1, -0.05) is 0 Å². The van der Waals surface area contributed by atoms with E-state index in [4.69, 9.17) is 22.2 Å². The third-order valence-electron chi connectivity index (χ3n) is 6.56. The Kier molecular flexibility index (Phi) is 9.89. The maximum Gasteiger partial charge on any atom is 0.254 e. The van der Waals surface area contributed by atoms with Crippen molar-refractivity contribution in [1.82, 2.24) is 15.0 Å².